The van der Waals surface area contributed by atoms with E-state index in [1.165, 1.54) is 16.8 Å². The Hall–Kier alpha value is -2.25. The van der Waals surface area contributed by atoms with Crippen LogP contribution in [0.25, 0.3) is 5.69 Å². The van der Waals surface area contributed by atoms with Crippen molar-refractivity contribution in [3.63, 3.8) is 0 Å². The van der Waals surface area contributed by atoms with Crippen LogP contribution in [0.4, 0.5) is 4.39 Å². The number of rotatable bonds is 3. The van der Waals surface area contributed by atoms with Crippen molar-refractivity contribution in [2.24, 2.45) is 11.7 Å². The summed E-state index contributed by atoms with van der Waals surface area (Å²) in [6.45, 7) is 4.65. The summed E-state index contributed by atoms with van der Waals surface area (Å²) in [7, 11) is 0. The predicted molar refractivity (Wildman–Crippen MR) is 104 cm³/mol. The van der Waals surface area contributed by atoms with Crippen molar-refractivity contribution in [1.82, 2.24) is 14.7 Å². The molecule has 0 spiro atoms. The number of amides is 1. The Kier molecular flexibility index (Phi) is 6.73. The summed E-state index contributed by atoms with van der Waals surface area (Å²) < 4.78 is 15.5. The van der Waals surface area contributed by atoms with Crippen molar-refractivity contribution in [1.29, 1.82) is 0 Å². The number of hydrogen-bond donors (Lipinski definition) is 1. The first-order valence-corrected chi connectivity index (χ1v) is 8.79. The Labute approximate surface area is 163 Å². The zero-order valence-corrected chi connectivity index (χ0v) is 16.2. The van der Waals surface area contributed by atoms with Gasteiger partial charge >= 0.3 is 0 Å². The second kappa shape index (κ2) is 8.63. The first kappa shape index (κ1) is 21.1. The number of nitrogens with two attached hydrogens (primary N) is 1. The third-order valence-electron chi connectivity index (χ3n) is 4.90. The second-order valence-corrected chi connectivity index (χ2v) is 6.88. The number of halogens is 2. The zero-order chi connectivity index (χ0) is 18.8. The topological polar surface area (TPSA) is 81.2 Å². The summed E-state index contributed by atoms with van der Waals surface area (Å²) in [6.07, 6.45) is 1.66. The van der Waals surface area contributed by atoms with Gasteiger partial charge in [-0.05, 0) is 37.8 Å². The first-order valence-electron chi connectivity index (χ1n) is 8.79. The van der Waals surface area contributed by atoms with Gasteiger partial charge in [-0.25, -0.2) is 9.07 Å². The second-order valence-electron chi connectivity index (χ2n) is 6.88. The van der Waals surface area contributed by atoms with E-state index in [0.29, 0.717) is 24.7 Å². The van der Waals surface area contributed by atoms with Gasteiger partial charge in [-0.1, -0.05) is 19.1 Å². The van der Waals surface area contributed by atoms with Crippen LogP contribution < -0.4 is 11.2 Å². The molecule has 2 atom stereocenters. The fourth-order valence-electron chi connectivity index (χ4n) is 3.44. The van der Waals surface area contributed by atoms with E-state index in [1.807, 2.05) is 0 Å². The number of aromatic nitrogens is 2. The molecular weight excluding hydrogens is 371 g/mol. The minimum absolute atomic E-state index is 0. The molecule has 1 fully saturated rings. The van der Waals surface area contributed by atoms with Crippen LogP contribution in [-0.2, 0) is 0 Å². The van der Waals surface area contributed by atoms with Gasteiger partial charge in [0.15, 0.2) is 5.69 Å². The molecule has 27 heavy (non-hydrogen) atoms. The lowest BCUT2D eigenvalue weighted by Gasteiger charge is -2.37. The quantitative estimate of drug-likeness (QED) is 0.866. The van der Waals surface area contributed by atoms with E-state index < -0.39 is 17.2 Å². The highest BCUT2D eigenvalue weighted by Gasteiger charge is 2.31. The number of hydrogen-bond acceptors (Lipinski definition) is 4. The van der Waals surface area contributed by atoms with Gasteiger partial charge < -0.3 is 10.6 Å². The van der Waals surface area contributed by atoms with E-state index in [9.17, 15) is 14.0 Å². The molecule has 0 saturated carbocycles. The number of carbonyl (C=O) groups is 1. The third-order valence-corrected chi connectivity index (χ3v) is 4.90. The van der Waals surface area contributed by atoms with Crippen molar-refractivity contribution in [2.75, 3.05) is 13.1 Å². The molecule has 1 aromatic carbocycles. The van der Waals surface area contributed by atoms with Crippen molar-refractivity contribution in [3.8, 4) is 5.69 Å². The standard InChI is InChI=1S/C19H23FN4O2.ClH/c1-12-7-8-23(14(9-12)11-21)19(26)18-17(25)10-13(2)24(22-18)16-6-4-3-5-15(16)20;/h3-6,10,12,14H,7-9,11,21H2,1-2H3;1H. The highest BCUT2D eigenvalue weighted by Crippen LogP contribution is 2.23. The normalized spacial score (nSPS) is 19.5. The van der Waals surface area contributed by atoms with Crippen LogP contribution >= 0.6 is 12.4 Å². The molecule has 1 aliphatic heterocycles. The average Bonchev–Trinajstić information content (AvgIpc) is 2.62. The van der Waals surface area contributed by atoms with Gasteiger partial charge in [-0.2, -0.15) is 5.10 Å². The Bertz CT molecular complexity index is 886. The van der Waals surface area contributed by atoms with Gasteiger partial charge in [0.2, 0.25) is 5.43 Å². The molecule has 0 aliphatic carbocycles. The van der Waals surface area contributed by atoms with E-state index in [0.717, 1.165) is 12.8 Å². The van der Waals surface area contributed by atoms with E-state index in [1.54, 1.807) is 30.0 Å². The highest BCUT2D eigenvalue weighted by atomic mass is 35.5. The maximum Gasteiger partial charge on any atom is 0.278 e. The predicted octanol–water partition coefficient (Wildman–Crippen LogP) is 2.30. The molecule has 1 aromatic heterocycles. The number of likely N-dealkylation sites (tertiary alicyclic amines) is 1. The Balaban J connectivity index is 0.00000261. The molecular formula is C19H24ClFN4O2. The molecule has 2 unspecified atom stereocenters. The van der Waals surface area contributed by atoms with Gasteiger partial charge in [0.1, 0.15) is 11.5 Å². The molecule has 1 saturated heterocycles. The van der Waals surface area contributed by atoms with E-state index in [-0.39, 0.29) is 29.8 Å². The van der Waals surface area contributed by atoms with Crippen LogP contribution in [0.1, 0.15) is 35.9 Å². The van der Waals surface area contributed by atoms with Crippen molar-refractivity contribution >= 4 is 18.3 Å². The Morgan fingerprint density at radius 1 is 1.37 bits per heavy atom. The number of aryl methyl sites for hydroxylation is 1. The molecule has 2 N–H and O–H groups in total. The van der Waals surface area contributed by atoms with Crippen LogP contribution in [0.3, 0.4) is 0 Å². The van der Waals surface area contributed by atoms with Crippen LogP contribution in [0.5, 0.6) is 0 Å². The maximum atomic E-state index is 14.2. The number of nitrogens with zero attached hydrogens (tertiary/aromatic N) is 3. The highest BCUT2D eigenvalue weighted by molar-refractivity contribution is 5.92. The Morgan fingerprint density at radius 3 is 2.74 bits per heavy atom. The molecule has 8 heteroatoms. The van der Waals surface area contributed by atoms with Crippen molar-refractivity contribution in [3.05, 3.63) is 57.8 Å². The van der Waals surface area contributed by atoms with Gasteiger partial charge in [0, 0.05) is 30.9 Å². The van der Waals surface area contributed by atoms with E-state index >= 15 is 0 Å². The summed E-state index contributed by atoms with van der Waals surface area (Å²) in [6, 6.07) is 7.32. The summed E-state index contributed by atoms with van der Waals surface area (Å²) in [5.41, 5.74) is 5.82. The van der Waals surface area contributed by atoms with Crippen LogP contribution in [0, 0.1) is 18.7 Å². The number of carbonyl (C=O) groups excluding carboxylic acids is 1. The van der Waals surface area contributed by atoms with Crippen molar-refractivity contribution < 1.29 is 9.18 Å². The van der Waals surface area contributed by atoms with Gasteiger partial charge in [-0.15, -0.1) is 12.4 Å². The largest absolute Gasteiger partial charge is 0.333 e. The van der Waals surface area contributed by atoms with Gasteiger partial charge in [0.05, 0.1) is 0 Å². The minimum Gasteiger partial charge on any atom is -0.333 e. The lowest BCUT2D eigenvalue weighted by atomic mass is 9.92. The van der Waals surface area contributed by atoms with E-state index in [2.05, 4.69) is 12.0 Å². The molecule has 146 valence electrons. The molecule has 2 heterocycles. The fourth-order valence-corrected chi connectivity index (χ4v) is 3.44. The SMILES string of the molecule is Cc1cc(=O)c(C(=O)N2CCC(C)CC2CN)nn1-c1ccccc1F.Cl. The molecule has 3 rings (SSSR count). The number of benzene rings is 1. The number of piperidine rings is 1. The molecule has 2 aromatic rings. The number of para-hydroxylation sites is 1. The summed E-state index contributed by atoms with van der Waals surface area (Å²) in [5.74, 6) is -0.437. The van der Waals surface area contributed by atoms with Crippen LogP contribution in [-0.4, -0.2) is 39.7 Å². The fraction of sp³-hybridized carbons (Fsp3) is 0.421. The summed E-state index contributed by atoms with van der Waals surface area (Å²) >= 11 is 0. The maximum absolute atomic E-state index is 14.2. The molecule has 1 aliphatic rings. The van der Waals surface area contributed by atoms with Gasteiger partial charge in [-0.3, -0.25) is 9.59 Å². The molecule has 0 radical (unpaired) electrons. The lowest BCUT2D eigenvalue weighted by molar-refractivity contribution is 0.0564. The zero-order valence-electron chi connectivity index (χ0n) is 15.4. The lowest BCUT2D eigenvalue weighted by Crippen LogP contribution is -2.50. The monoisotopic (exact) mass is 394 g/mol. The average molecular weight is 395 g/mol. The summed E-state index contributed by atoms with van der Waals surface area (Å²) in [5, 5.41) is 4.20. The van der Waals surface area contributed by atoms with Crippen LogP contribution in [0.2, 0.25) is 0 Å². The van der Waals surface area contributed by atoms with Crippen molar-refractivity contribution in [2.45, 2.75) is 32.7 Å². The molecule has 0 bridgehead atoms. The van der Waals surface area contributed by atoms with E-state index in [4.69, 9.17) is 5.73 Å². The third kappa shape index (κ3) is 4.20. The smallest absolute Gasteiger partial charge is 0.278 e. The van der Waals surface area contributed by atoms with Crippen LogP contribution in [0.15, 0.2) is 35.1 Å². The first-order chi connectivity index (χ1) is 12.4. The summed E-state index contributed by atoms with van der Waals surface area (Å²) in [4.78, 5) is 27.0. The Morgan fingerprint density at radius 2 is 2.07 bits per heavy atom. The van der Waals surface area contributed by atoms with Gasteiger partial charge in [0.25, 0.3) is 5.91 Å². The molecule has 1 amide bonds. The molecule has 6 nitrogen and oxygen atoms in total. The minimum atomic E-state index is -0.475.